The van der Waals surface area contributed by atoms with Gasteiger partial charge in [-0.15, -0.1) is 0 Å². The molecule has 1 N–H and O–H groups in total. The molecular weight excluding hydrogens is 241 g/mol. The van der Waals surface area contributed by atoms with Gasteiger partial charge < -0.3 is 5.32 Å². The van der Waals surface area contributed by atoms with Gasteiger partial charge >= 0.3 is 0 Å². The Balaban J connectivity index is 2.88. The molecule has 0 aliphatic heterocycles. The fourth-order valence-corrected chi connectivity index (χ4v) is 2.53. The molecule has 0 aliphatic carbocycles. The molecular formula is C12H18FNO2S. The Hall–Kier alpha value is -0.940. The summed E-state index contributed by atoms with van der Waals surface area (Å²) in [6, 6.07) is 6.13. The van der Waals surface area contributed by atoms with Crippen molar-refractivity contribution in [3.8, 4) is 0 Å². The number of hydrogen-bond donors (Lipinski definition) is 1. The van der Waals surface area contributed by atoms with Crippen LogP contribution >= 0.6 is 0 Å². The second-order valence-electron chi connectivity index (χ2n) is 4.23. The number of nitrogens with one attached hydrogen (secondary N) is 1. The van der Waals surface area contributed by atoms with E-state index in [1.165, 1.54) is 12.3 Å². The Morgan fingerprint density at radius 2 is 1.94 bits per heavy atom. The summed E-state index contributed by atoms with van der Waals surface area (Å²) in [5, 5.41) is 2.39. The van der Waals surface area contributed by atoms with Crippen molar-refractivity contribution in [2.45, 2.75) is 24.6 Å². The molecule has 2 atom stereocenters. The molecule has 96 valence electrons. The Kier molecular flexibility index (Phi) is 4.65. The second kappa shape index (κ2) is 5.60. The molecule has 0 spiro atoms. The molecule has 0 saturated heterocycles. The van der Waals surface area contributed by atoms with Gasteiger partial charge in [0.25, 0.3) is 0 Å². The predicted octanol–water partition coefficient (Wildman–Crippen LogP) is 1.39. The SMILES string of the molecule is CNC(Cc1ccccc1F)C(C)S(C)(=O)=O. The highest BCUT2D eigenvalue weighted by molar-refractivity contribution is 7.91. The van der Waals surface area contributed by atoms with Gasteiger partial charge in [-0.2, -0.15) is 0 Å². The van der Waals surface area contributed by atoms with Gasteiger partial charge in [0.15, 0.2) is 9.84 Å². The predicted molar refractivity (Wildman–Crippen MR) is 67.3 cm³/mol. The van der Waals surface area contributed by atoms with Crippen LogP contribution in [-0.2, 0) is 16.3 Å². The van der Waals surface area contributed by atoms with Crippen LogP contribution in [0.2, 0.25) is 0 Å². The van der Waals surface area contributed by atoms with Gasteiger partial charge in [0.05, 0.1) is 5.25 Å². The van der Waals surface area contributed by atoms with E-state index in [0.717, 1.165) is 0 Å². The van der Waals surface area contributed by atoms with Gasteiger partial charge in [-0.3, -0.25) is 0 Å². The maximum absolute atomic E-state index is 13.5. The van der Waals surface area contributed by atoms with Gasteiger partial charge in [0, 0.05) is 12.3 Å². The highest BCUT2D eigenvalue weighted by atomic mass is 32.2. The van der Waals surface area contributed by atoms with E-state index in [0.29, 0.717) is 12.0 Å². The summed E-state index contributed by atoms with van der Waals surface area (Å²) < 4.78 is 36.4. The van der Waals surface area contributed by atoms with Gasteiger partial charge in [0.1, 0.15) is 5.82 Å². The van der Waals surface area contributed by atoms with Crippen molar-refractivity contribution in [3.63, 3.8) is 0 Å². The van der Waals surface area contributed by atoms with Crippen molar-refractivity contribution >= 4 is 9.84 Å². The minimum Gasteiger partial charge on any atom is -0.315 e. The van der Waals surface area contributed by atoms with E-state index in [1.54, 1.807) is 32.2 Å². The molecule has 0 heterocycles. The summed E-state index contributed by atoms with van der Waals surface area (Å²) in [5.74, 6) is -0.298. The lowest BCUT2D eigenvalue weighted by molar-refractivity contribution is 0.504. The van der Waals surface area contributed by atoms with Crippen LogP contribution in [0.15, 0.2) is 24.3 Å². The van der Waals surface area contributed by atoms with Gasteiger partial charge in [0.2, 0.25) is 0 Å². The van der Waals surface area contributed by atoms with Crippen molar-refractivity contribution in [1.29, 1.82) is 0 Å². The summed E-state index contributed by atoms with van der Waals surface area (Å²) >= 11 is 0. The molecule has 5 heteroatoms. The number of rotatable bonds is 5. The summed E-state index contributed by atoms with van der Waals surface area (Å²) in [5.41, 5.74) is 0.530. The zero-order valence-electron chi connectivity index (χ0n) is 10.3. The number of sulfone groups is 1. The zero-order chi connectivity index (χ0) is 13.1. The largest absolute Gasteiger partial charge is 0.315 e. The third kappa shape index (κ3) is 3.78. The normalized spacial score (nSPS) is 15.5. The van der Waals surface area contributed by atoms with Crippen LogP contribution in [0.5, 0.6) is 0 Å². The first kappa shape index (κ1) is 14.1. The number of halogens is 1. The third-order valence-corrected chi connectivity index (χ3v) is 4.69. The first-order valence-corrected chi connectivity index (χ1v) is 7.41. The molecule has 2 unspecified atom stereocenters. The van der Waals surface area contributed by atoms with E-state index in [9.17, 15) is 12.8 Å². The smallest absolute Gasteiger partial charge is 0.151 e. The van der Waals surface area contributed by atoms with Crippen molar-refractivity contribution in [2.75, 3.05) is 13.3 Å². The summed E-state index contributed by atoms with van der Waals surface area (Å²) in [7, 11) is -1.44. The summed E-state index contributed by atoms with van der Waals surface area (Å²) in [4.78, 5) is 0. The van der Waals surface area contributed by atoms with Gasteiger partial charge in [-0.1, -0.05) is 18.2 Å². The Bertz CT molecular complexity index is 473. The van der Waals surface area contributed by atoms with E-state index in [4.69, 9.17) is 0 Å². The molecule has 3 nitrogen and oxygen atoms in total. The third-order valence-electron chi connectivity index (χ3n) is 3.01. The van der Waals surface area contributed by atoms with E-state index in [-0.39, 0.29) is 11.9 Å². The topological polar surface area (TPSA) is 46.2 Å². The highest BCUT2D eigenvalue weighted by Crippen LogP contribution is 2.14. The second-order valence-corrected chi connectivity index (χ2v) is 6.63. The van der Waals surface area contributed by atoms with E-state index in [2.05, 4.69) is 5.32 Å². The van der Waals surface area contributed by atoms with E-state index in [1.807, 2.05) is 0 Å². The molecule has 1 aromatic rings. The van der Waals surface area contributed by atoms with Crippen LogP contribution < -0.4 is 5.32 Å². The molecule has 0 aliphatic rings. The Morgan fingerprint density at radius 3 is 2.41 bits per heavy atom. The number of benzene rings is 1. The minimum absolute atomic E-state index is 0.290. The molecule has 1 aromatic carbocycles. The van der Waals surface area contributed by atoms with Gasteiger partial charge in [-0.05, 0) is 32.0 Å². The number of likely N-dealkylation sites (N-methyl/N-ethyl adjacent to an activating group) is 1. The van der Waals surface area contributed by atoms with Crippen LogP contribution in [0, 0.1) is 5.82 Å². The molecule has 0 amide bonds. The lowest BCUT2D eigenvalue weighted by atomic mass is 10.0. The molecule has 0 aromatic heterocycles. The van der Waals surface area contributed by atoms with Crippen LogP contribution in [0.25, 0.3) is 0 Å². The average molecular weight is 259 g/mol. The molecule has 17 heavy (non-hydrogen) atoms. The average Bonchev–Trinajstić information content (AvgIpc) is 2.26. The van der Waals surface area contributed by atoms with Gasteiger partial charge in [-0.25, -0.2) is 12.8 Å². The fraction of sp³-hybridized carbons (Fsp3) is 0.500. The van der Waals surface area contributed by atoms with Crippen LogP contribution in [0.4, 0.5) is 4.39 Å². The van der Waals surface area contributed by atoms with Crippen molar-refractivity contribution in [2.24, 2.45) is 0 Å². The standard InChI is InChI=1S/C12H18FNO2S/c1-9(17(3,15)16)12(14-2)8-10-6-4-5-7-11(10)13/h4-7,9,12,14H,8H2,1-3H3. The first-order chi connectivity index (χ1) is 7.86. The van der Waals surface area contributed by atoms with Crippen LogP contribution in [0.1, 0.15) is 12.5 Å². The Labute approximate surface area is 102 Å². The fourth-order valence-electron chi connectivity index (χ4n) is 1.70. The maximum Gasteiger partial charge on any atom is 0.151 e. The maximum atomic E-state index is 13.5. The first-order valence-electron chi connectivity index (χ1n) is 5.45. The van der Waals surface area contributed by atoms with Crippen LogP contribution in [0.3, 0.4) is 0 Å². The lowest BCUT2D eigenvalue weighted by Crippen LogP contribution is -2.42. The molecule has 0 fully saturated rings. The minimum atomic E-state index is -3.13. The van der Waals surface area contributed by atoms with Crippen LogP contribution in [-0.4, -0.2) is 33.0 Å². The lowest BCUT2D eigenvalue weighted by Gasteiger charge is -2.22. The monoisotopic (exact) mass is 259 g/mol. The van der Waals surface area contributed by atoms with Crippen molar-refractivity contribution in [3.05, 3.63) is 35.6 Å². The molecule has 0 saturated carbocycles. The summed E-state index contributed by atoms with van der Waals surface area (Å²) in [6.07, 6.45) is 1.56. The zero-order valence-corrected chi connectivity index (χ0v) is 11.1. The van der Waals surface area contributed by atoms with Crippen molar-refractivity contribution in [1.82, 2.24) is 5.32 Å². The Morgan fingerprint density at radius 1 is 1.35 bits per heavy atom. The summed E-state index contributed by atoms with van der Waals surface area (Å²) in [6.45, 7) is 1.64. The molecule has 0 radical (unpaired) electrons. The highest BCUT2D eigenvalue weighted by Gasteiger charge is 2.25. The number of hydrogen-bond acceptors (Lipinski definition) is 3. The van der Waals surface area contributed by atoms with E-state index < -0.39 is 15.1 Å². The quantitative estimate of drug-likeness (QED) is 0.869. The molecule has 1 rings (SSSR count). The molecule has 0 bridgehead atoms. The van der Waals surface area contributed by atoms with E-state index >= 15 is 0 Å². The van der Waals surface area contributed by atoms with Crippen molar-refractivity contribution < 1.29 is 12.8 Å².